The maximum atomic E-state index is 12.9. The van der Waals surface area contributed by atoms with Crippen molar-refractivity contribution in [3.05, 3.63) is 146 Å². The number of allylic oxidation sites excluding steroid dienone is 24. The lowest BCUT2D eigenvalue weighted by molar-refractivity contribution is -0.166. The fourth-order valence-electron chi connectivity index (χ4n) is 9.26. The Balaban J connectivity index is 4.32. The van der Waals surface area contributed by atoms with Crippen molar-refractivity contribution >= 4 is 17.9 Å². The lowest BCUT2D eigenvalue weighted by Gasteiger charge is -2.18. The van der Waals surface area contributed by atoms with Gasteiger partial charge in [-0.3, -0.25) is 14.4 Å². The van der Waals surface area contributed by atoms with Crippen LogP contribution in [0.15, 0.2) is 146 Å². The second-order valence-electron chi connectivity index (χ2n) is 22.3. The van der Waals surface area contributed by atoms with Crippen molar-refractivity contribution < 1.29 is 28.6 Å². The molecule has 0 aliphatic heterocycles. The van der Waals surface area contributed by atoms with Gasteiger partial charge in [0.2, 0.25) is 0 Å². The SMILES string of the molecule is CC/C=C\C/C=C\C/C=C\C/C=C\C/C=C\C/C=C\CCCCCCCCCCCCCCC(=O)OCC(COC(=O)CC/C=C\C/C=C\C/C=C\C/C=C\CC)OC(=O)CCCCCCCCCCC/C=C\C/C=C\CCCCCCC. The van der Waals surface area contributed by atoms with Gasteiger partial charge in [0, 0.05) is 19.3 Å². The number of carbonyl (C=O) groups excluding carboxylic acids is 3. The molecule has 0 aliphatic carbocycles. The van der Waals surface area contributed by atoms with Gasteiger partial charge in [-0.25, -0.2) is 0 Å². The topological polar surface area (TPSA) is 78.9 Å². The monoisotopic (exact) mass is 1150 g/mol. The predicted octanol–water partition coefficient (Wildman–Crippen LogP) is 23.9. The summed E-state index contributed by atoms with van der Waals surface area (Å²) in [7, 11) is 0. The highest BCUT2D eigenvalue weighted by Crippen LogP contribution is 2.16. The number of ether oxygens (including phenoxy) is 3. The van der Waals surface area contributed by atoms with E-state index < -0.39 is 6.10 Å². The lowest BCUT2D eigenvalue weighted by atomic mass is 10.0. The van der Waals surface area contributed by atoms with Crippen LogP contribution < -0.4 is 0 Å². The molecule has 0 rings (SSSR count). The fraction of sp³-hybridized carbons (Fsp3) is 0.649. The van der Waals surface area contributed by atoms with Gasteiger partial charge in [0.25, 0.3) is 0 Å². The molecule has 0 bridgehead atoms. The second-order valence-corrected chi connectivity index (χ2v) is 22.3. The Morgan fingerprint density at radius 2 is 0.494 bits per heavy atom. The molecule has 0 aliphatic rings. The molecule has 0 N–H and O–H groups in total. The van der Waals surface area contributed by atoms with Gasteiger partial charge in [-0.05, 0) is 128 Å². The van der Waals surface area contributed by atoms with Crippen molar-refractivity contribution in [1.82, 2.24) is 0 Å². The molecule has 0 radical (unpaired) electrons. The summed E-state index contributed by atoms with van der Waals surface area (Å²) in [6, 6.07) is 0. The highest BCUT2D eigenvalue weighted by Gasteiger charge is 2.19. The Hall–Kier alpha value is -4.71. The molecule has 0 spiro atoms. The molecule has 6 nitrogen and oxygen atoms in total. The molecule has 83 heavy (non-hydrogen) atoms. The van der Waals surface area contributed by atoms with Crippen LogP contribution in [0.4, 0.5) is 0 Å². The van der Waals surface area contributed by atoms with Crippen LogP contribution in [0.1, 0.15) is 303 Å². The van der Waals surface area contributed by atoms with Gasteiger partial charge in [0.05, 0.1) is 0 Å². The van der Waals surface area contributed by atoms with E-state index in [0.717, 1.165) is 109 Å². The minimum absolute atomic E-state index is 0.106. The third-order valence-corrected chi connectivity index (χ3v) is 14.3. The molecule has 0 aromatic rings. The molecule has 1 atom stereocenters. The average molecular weight is 1150 g/mol. The van der Waals surface area contributed by atoms with Gasteiger partial charge in [0.1, 0.15) is 13.2 Å². The highest BCUT2D eigenvalue weighted by molar-refractivity contribution is 5.71. The van der Waals surface area contributed by atoms with Crippen LogP contribution in [-0.2, 0) is 28.6 Å². The Morgan fingerprint density at radius 1 is 0.253 bits per heavy atom. The van der Waals surface area contributed by atoms with Gasteiger partial charge in [0.15, 0.2) is 6.10 Å². The summed E-state index contributed by atoms with van der Waals surface area (Å²) in [5, 5.41) is 0. The molecule has 6 heteroatoms. The lowest BCUT2D eigenvalue weighted by Crippen LogP contribution is -2.30. The standard InChI is InChI=1S/C77H126O6/c1-4-7-10-13-16-19-22-25-27-29-31-33-34-35-36-37-38-39-40-41-42-44-45-47-49-52-55-58-61-64-67-70-76(79)82-73-74(72-81-75(78)69-66-63-60-57-54-51-24-21-18-15-12-9-6-3)83-77(80)71-68-65-62-59-56-53-50-48-46-43-32-30-28-26-23-20-17-14-11-8-5-2/h7,9-10,12,16,18-19,21,23,25-27,30-33,35-36,38-39,51,54,60,63,74H,4-6,8,11,13-15,17,20,22,24,28-29,34,37,40-50,52-53,55-59,61-62,64-73H2,1-3H3/b10-7-,12-9-,19-16-,21-18-,26-23-,27-25-,32-30-,33-31-,36-35-,39-38-,54-51-,63-60-. The summed E-state index contributed by atoms with van der Waals surface area (Å²) >= 11 is 0. The number of hydrogen-bond donors (Lipinski definition) is 0. The zero-order chi connectivity index (χ0) is 59.9. The van der Waals surface area contributed by atoms with E-state index in [1.807, 2.05) is 6.08 Å². The number of unbranched alkanes of at least 4 members (excludes halogenated alkanes) is 26. The van der Waals surface area contributed by atoms with E-state index in [1.165, 1.54) is 148 Å². The van der Waals surface area contributed by atoms with Crippen LogP contribution in [0.5, 0.6) is 0 Å². The quantitative estimate of drug-likeness (QED) is 0.0261. The molecule has 1 unspecified atom stereocenters. The third kappa shape index (κ3) is 68.0. The largest absolute Gasteiger partial charge is 0.462 e. The van der Waals surface area contributed by atoms with Crippen molar-refractivity contribution in [2.45, 2.75) is 309 Å². The molecule has 0 heterocycles. The summed E-state index contributed by atoms with van der Waals surface area (Å²) in [5.74, 6) is -0.993. The first-order chi connectivity index (χ1) is 41.0. The molecule has 0 saturated carbocycles. The van der Waals surface area contributed by atoms with E-state index >= 15 is 0 Å². The van der Waals surface area contributed by atoms with Gasteiger partial charge >= 0.3 is 17.9 Å². The molecule has 0 amide bonds. The van der Waals surface area contributed by atoms with Crippen molar-refractivity contribution in [2.75, 3.05) is 13.2 Å². The fourth-order valence-corrected chi connectivity index (χ4v) is 9.26. The molecular weight excluding hydrogens is 1020 g/mol. The van der Waals surface area contributed by atoms with Crippen LogP contribution >= 0.6 is 0 Å². The Bertz CT molecular complexity index is 1800. The summed E-state index contributed by atoms with van der Waals surface area (Å²) in [6.07, 6.45) is 100. The number of carbonyl (C=O) groups is 3. The first-order valence-electron chi connectivity index (χ1n) is 34.3. The van der Waals surface area contributed by atoms with Gasteiger partial charge < -0.3 is 14.2 Å². The van der Waals surface area contributed by atoms with Crippen molar-refractivity contribution in [2.24, 2.45) is 0 Å². The third-order valence-electron chi connectivity index (χ3n) is 14.3. The molecular formula is C77H126O6. The van der Waals surface area contributed by atoms with E-state index in [1.54, 1.807) is 0 Å². The van der Waals surface area contributed by atoms with E-state index in [-0.39, 0.29) is 37.5 Å². The van der Waals surface area contributed by atoms with Gasteiger partial charge in [-0.1, -0.05) is 301 Å². The summed E-state index contributed by atoms with van der Waals surface area (Å²) in [4.78, 5) is 38.3. The van der Waals surface area contributed by atoms with Crippen LogP contribution in [0.2, 0.25) is 0 Å². The molecule has 0 fully saturated rings. The Morgan fingerprint density at radius 3 is 0.807 bits per heavy atom. The highest BCUT2D eigenvalue weighted by atomic mass is 16.6. The normalized spacial score (nSPS) is 13.0. The van der Waals surface area contributed by atoms with E-state index in [9.17, 15) is 14.4 Å². The summed E-state index contributed by atoms with van der Waals surface area (Å²) < 4.78 is 16.9. The average Bonchev–Trinajstić information content (AvgIpc) is 3.49. The minimum Gasteiger partial charge on any atom is -0.462 e. The summed E-state index contributed by atoms with van der Waals surface area (Å²) in [6.45, 7) is 6.35. The van der Waals surface area contributed by atoms with Gasteiger partial charge in [-0.2, -0.15) is 0 Å². The molecule has 0 saturated heterocycles. The predicted molar refractivity (Wildman–Crippen MR) is 362 cm³/mol. The number of esters is 3. The van der Waals surface area contributed by atoms with Crippen LogP contribution in [0, 0.1) is 0 Å². The van der Waals surface area contributed by atoms with E-state index in [4.69, 9.17) is 14.2 Å². The van der Waals surface area contributed by atoms with Crippen LogP contribution in [0.3, 0.4) is 0 Å². The van der Waals surface area contributed by atoms with Crippen LogP contribution in [-0.4, -0.2) is 37.2 Å². The Kier molecular flexibility index (Phi) is 65.8. The number of rotatable bonds is 61. The molecule has 470 valence electrons. The zero-order valence-corrected chi connectivity index (χ0v) is 53.9. The Labute approximate surface area is 512 Å². The first-order valence-corrected chi connectivity index (χ1v) is 34.3. The van der Waals surface area contributed by atoms with Gasteiger partial charge in [-0.15, -0.1) is 0 Å². The molecule has 0 aromatic heterocycles. The van der Waals surface area contributed by atoms with E-state index in [0.29, 0.717) is 19.3 Å². The summed E-state index contributed by atoms with van der Waals surface area (Å²) in [5.41, 5.74) is 0. The smallest absolute Gasteiger partial charge is 0.306 e. The van der Waals surface area contributed by atoms with Crippen molar-refractivity contribution in [3.63, 3.8) is 0 Å². The van der Waals surface area contributed by atoms with Crippen LogP contribution in [0.25, 0.3) is 0 Å². The number of hydrogen-bond acceptors (Lipinski definition) is 6. The van der Waals surface area contributed by atoms with Crippen molar-refractivity contribution in [1.29, 1.82) is 0 Å². The first kappa shape index (κ1) is 78.3. The maximum Gasteiger partial charge on any atom is 0.306 e. The van der Waals surface area contributed by atoms with Crippen molar-refractivity contribution in [3.8, 4) is 0 Å². The zero-order valence-electron chi connectivity index (χ0n) is 53.9. The second kappa shape index (κ2) is 69.8. The minimum atomic E-state index is -0.816. The van der Waals surface area contributed by atoms with E-state index in [2.05, 4.69) is 161 Å². The molecule has 0 aromatic carbocycles. The maximum absolute atomic E-state index is 12.9.